The van der Waals surface area contributed by atoms with E-state index in [1.807, 2.05) is 0 Å². The first-order valence-electron chi connectivity index (χ1n) is 7.43. The number of ether oxygens (including phenoxy) is 6. The van der Waals surface area contributed by atoms with Gasteiger partial charge in [-0.2, -0.15) is 0 Å². The zero-order valence-electron chi connectivity index (χ0n) is 13.7. The van der Waals surface area contributed by atoms with E-state index in [4.69, 9.17) is 14.2 Å². The summed E-state index contributed by atoms with van der Waals surface area (Å²) in [5.74, 6) is 0. The number of carbonyl (C=O) groups excluding carboxylic acids is 3. The molecule has 0 saturated carbocycles. The summed E-state index contributed by atoms with van der Waals surface area (Å²) < 4.78 is 29.0. The Morgan fingerprint density at radius 1 is 0.640 bits per heavy atom. The molecule has 0 rings (SSSR count). The molecule has 0 spiro atoms. The van der Waals surface area contributed by atoms with Gasteiger partial charge in [0.1, 0.15) is 38.1 Å². The maximum absolute atomic E-state index is 10.2. The summed E-state index contributed by atoms with van der Waals surface area (Å²) in [5, 5.41) is 18.8. The molecule has 0 aliphatic rings. The van der Waals surface area contributed by atoms with E-state index < -0.39 is 18.3 Å². The van der Waals surface area contributed by atoms with Crippen LogP contribution in [-0.2, 0) is 42.8 Å². The minimum Gasteiger partial charge on any atom is -0.465 e. The van der Waals surface area contributed by atoms with Crippen LogP contribution in [0, 0.1) is 0 Å². The largest absolute Gasteiger partial charge is 0.465 e. The molecule has 3 atom stereocenters. The average molecular weight is 368 g/mol. The molecule has 0 radical (unpaired) electrons. The van der Waals surface area contributed by atoms with Crippen molar-refractivity contribution in [1.82, 2.24) is 0 Å². The molecule has 3 unspecified atom stereocenters. The summed E-state index contributed by atoms with van der Waals surface area (Å²) in [4.78, 5) is 30.2. The van der Waals surface area contributed by atoms with E-state index in [0.29, 0.717) is 0 Å². The number of aliphatic hydroxyl groups excluding tert-OH is 2. The Kier molecular flexibility index (Phi) is 15.8. The lowest BCUT2D eigenvalue weighted by Gasteiger charge is -2.19. The zero-order chi connectivity index (χ0) is 18.8. The van der Waals surface area contributed by atoms with Gasteiger partial charge in [0.25, 0.3) is 19.4 Å². The van der Waals surface area contributed by atoms with Crippen LogP contribution in [-0.4, -0.2) is 101 Å². The standard InChI is InChI=1S/C14H24O11/c15-9-22-4-12(18)3-20-1-2-21-7-14(8-24-11-17)25-6-13(19)5-23-10-16/h9-14,18-19H,1-8H2. The molecule has 11 heteroatoms. The Bertz CT molecular complexity index is 339. The van der Waals surface area contributed by atoms with Gasteiger partial charge in [0, 0.05) is 0 Å². The minimum absolute atomic E-state index is 0.0195. The van der Waals surface area contributed by atoms with Gasteiger partial charge in [0.05, 0.1) is 33.0 Å². The molecule has 11 nitrogen and oxygen atoms in total. The van der Waals surface area contributed by atoms with Crippen molar-refractivity contribution in [3.05, 3.63) is 0 Å². The van der Waals surface area contributed by atoms with E-state index in [2.05, 4.69) is 14.2 Å². The van der Waals surface area contributed by atoms with E-state index in [1.54, 1.807) is 0 Å². The van der Waals surface area contributed by atoms with Gasteiger partial charge in [-0.3, -0.25) is 14.4 Å². The Morgan fingerprint density at radius 3 is 1.68 bits per heavy atom. The first-order valence-corrected chi connectivity index (χ1v) is 7.43. The molecule has 2 N–H and O–H groups in total. The molecule has 0 fully saturated rings. The third-order valence-electron chi connectivity index (χ3n) is 2.57. The molecule has 146 valence electrons. The fraction of sp³-hybridized carbons (Fsp3) is 0.786. The van der Waals surface area contributed by atoms with Crippen LogP contribution in [0.2, 0.25) is 0 Å². The number of rotatable bonds is 19. The third-order valence-corrected chi connectivity index (χ3v) is 2.57. The van der Waals surface area contributed by atoms with E-state index in [1.165, 1.54) is 0 Å². The second-order valence-corrected chi connectivity index (χ2v) is 4.70. The number of hydrogen-bond donors (Lipinski definition) is 2. The summed E-state index contributed by atoms with van der Waals surface area (Å²) in [6.07, 6.45) is -2.55. The van der Waals surface area contributed by atoms with Crippen LogP contribution in [0.5, 0.6) is 0 Å². The third kappa shape index (κ3) is 15.5. The summed E-state index contributed by atoms with van der Waals surface area (Å²) in [5.41, 5.74) is 0. The summed E-state index contributed by atoms with van der Waals surface area (Å²) in [6.45, 7) is 0.523. The Balaban J connectivity index is 3.81. The zero-order valence-corrected chi connectivity index (χ0v) is 13.7. The van der Waals surface area contributed by atoms with Crippen molar-refractivity contribution in [1.29, 1.82) is 0 Å². The fourth-order valence-electron chi connectivity index (χ4n) is 1.49. The van der Waals surface area contributed by atoms with Crippen molar-refractivity contribution in [3.63, 3.8) is 0 Å². The van der Waals surface area contributed by atoms with Crippen molar-refractivity contribution < 1.29 is 53.0 Å². The second kappa shape index (κ2) is 17.0. The highest BCUT2D eigenvalue weighted by Crippen LogP contribution is 1.98. The molecular formula is C14H24O11. The van der Waals surface area contributed by atoms with Crippen LogP contribution >= 0.6 is 0 Å². The van der Waals surface area contributed by atoms with Gasteiger partial charge in [0.2, 0.25) is 0 Å². The molecule has 0 aromatic heterocycles. The van der Waals surface area contributed by atoms with E-state index in [0.717, 1.165) is 0 Å². The van der Waals surface area contributed by atoms with Crippen LogP contribution in [0.15, 0.2) is 0 Å². The van der Waals surface area contributed by atoms with Gasteiger partial charge >= 0.3 is 0 Å². The highest BCUT2D eigenvalue weighted by atomic mass is 16.6. The van der Waals surface area contributed by atoms with Crippen molar-refractivity contribution in [2.24, 2.45) is 0 Å². The molecule has 0 amide bonds. The lowest BCUT2D eigenvalue weighted by molar-refractivity contribution is -0.141. The van der Waals surface area contributed by atoms with Crippen molar-refractivity contribution in [3.8, 4) is 0 Å². The summed E-state index contributed by atoms with van der Waals surface area (Å²) >= 11 is 0. The Morgan fingerprint density at radius 2 is 1.12 bits per heavy atom. The van der Waals surface area contributed by atoms with Gasteiger partial charge in [0.15, 0.2) is 0 Å². The van der Waals surface area contributed by atoms with Crippen LogP contribution in [0.1, 0.15) is 0 Å². The minimum atomic E-state index is -1.01. The lowest BCUT2D eigenvalue weighted by atomic mass is 10.3. The number of carbonyl (C=O) groups is 3. The van der Waals surface area contributed by atoms with Gasteiger partial charge in [-0.05, 0) is 0 Å². The molecule has 0 aromatic carbocycles. The van der Waals surface area contributed by atoms with Crippen molar-refractivity contribution >= 4 is 19.4 Å². The SMILES string of the molecule is O=COCC(O)COCCOCC(COC=O)OCC(O)COC=O. The van der Waals surface area contributed by atoms with Gasteiger partial charge < -0.3 is 38.6 Å². The molecule has 0 heterocycles. The Hall–Kier alpha value is -1.79. The van der Waals surface area contributed by atoms with E-state index >= 15 is 0 Å². The smallest absolute Gasteiger partial charge is 0.293 e. The lowest BCUT2D eigenvalue weighted by Crippen LogP contribution is -2.31. The van der Waals surface area contributed by atoms with Gasteiger partial charge in [-0.1, -0.05) is 0 Å². The Labute approximate surface area is 144 Å². The first-order chi connectivity index (χ1) is 12.1. The highest BCUT2D eigenvalue weighted by molar-refractivity contribution is 5.37. The molecule has 0 aliphatic carbocycles. The number of aliphatic hydroxyl groups is 2. The maximum Gasteiger partial charge on any atom is 0.293 e. The fourth-order valence-corrected chi connectivity index (χ4v) is 1.49. The van der Waals surface area contributed by atoms with Crippen LogP contribution in [0.25, 0.3) is 0 Å². The van der Waals surface area contributed by atoms with Crippen molar-refractivity contribution in [2.75, 3.05) is 52.9 Å². The van der Waals surface area contributed by atoms with Crippen LogP contribution in [0.4, 0.5) is 0 Å². The van der Waals surface area contributed by atoms with E-state index in [-0.39, 0.29) is 72.3 Å². The summed E-state index contributed by atoms with van der Waals surface area (Å²) in [7, 11) is 0. The quantitative estimate of drug-likeness (QED) is 0.143. The number of hydrogen-bond acceptors (Lipinski definition) is 11. The van der Waals surface area contributed by atoms with Gasteiger partial charge in [-0.15, -0.1) is 0 Å². The molecule has 0 bridgehead atoms. The predicted octanol–water partition coefficient (Wildman–Crippen LogP) is -2.35. The van der Waals surface area contributed by atoms with Crippen molar-refractivity contribution in [2.45, 2.75) is 18.3 Å². The normalized spacial score (nSPS) is 14.2. The molecule has 0 saturated heterocycles. The predicted molar refractivity (Wildman–Crippen MR) is 79.4 cm³/mol. The average Bonchev–Trinajstić information content (AvgIpc) is 2.62. The van der Waals surface area contributed by atoms with Gasteiger partial charge in [-0.25, -0.2) is 0 Å². The first kappa shape index (κ1) is 23.2. The maximum atomic E-state index is 10.2. The van der Waals surface area contributed by atoms with E-state index in [9.17, 15) is 24.6 Å². The molecule has 25 heavy (non-hydrogen) atoms. The van der Waals surface area contributed by atoms with Crippen LogP contribution < -0.4 is 0 Å². The van der Waals surface area contributed by atoms with Crippen LogP contribution in [0.3, 0.4) is 0 Å². The topological polar surface area (TPSA) is 147 Å². The second-order valence-electron chi connectivity index (χ2n) is 4.70. The summed E-state index contributed by atoms with van der Waals surface area (Å²) in [6, 6.07) is 0. The highest BCUT2D eigenvalue weighted by Gasteiger charge is 2.14. The monoisotopic (exact) mass is 368 g/mol. The molecule has 0 aromatic rings. The molecular weight excluding hydrogens is 344 g/mol. The molecule has 0 aliphatic heterocycles.